The van der Waals surface area contributed by atoms with E-state index in [4.69, 9.17) is 14.2 Å². The maximum atomic E-state index is 5.55. The van der Waals surface area contributed by atoms with Crippen LogP contribution in [0.4, 0.5) is 0 Å². The molecule has 0 saturated heterocycles. The summed E-state index contributed by atoms with van der Waals surface area (Å²) in [5.41, 5.74) is 0. The molecule has 1 rings (SSSR count). The summed E-state index contributed by atoms with van der Waals surface area (Å²) >= 11 is 3.39. The first-order chi connectivity index (χ1) is 8.42. The molecule has 0 bridgehead atoms. The molecule has 0 atom stereocenters. The van der Waals surface area contributed by atoms with Crippen molar-refractivity contribution in [2.45, 2.75) is 25.7 Å². The first-order valence-corrected chi connectivity index (χ1v) is 10.5. The Morgan fingerprint density at radius 3 is 2.50 bits per heavy atom. The highest BCUT2D eigenvalue weighted by molar-refractivity contribution is 9.10. The minimum Gasteiger partial charge on any atom is -0.493 e. The van der Waals surface area contributed by atoms with Crippen LogP contribution in [0.25, 0.3) is 0 Å². The van der Waals surface area contributed by atoms with Gasteiger partial charge in [0.25, 0.3) is 0 Å². The van der Waals surface area contributed by atoms with Crippen molar-refractivity contribution in [3.8, 4) is 11.5 Å². The molecule has 102 valence electrons. The molecule has 0 N–H and O–H groups in total. The summed E-state index contributed by atoms with van der Waals surface area (Å²) in [7, 11) is 0.602. The van der Waals surface area contributed by atoms with E-state index in [0.29, 0.717) is 11.5 Å². The molecule has 0 aliphatic carbocycles. The van der Waals surface area contributed by atoms with Crippen molar-refractivity contribution in [2.75, 3.05) is 20.5 Å². The van der Waals surface area contributed by atoms with Crippen molar-refractivity contribution in [1.29, 1.82) is 0 Å². The maximum Gasteiger partial charge on any atom is 0.189 e. The van der Waals surface area contributed by atoms with E-state index in [2.05, 4.69) is 35.6 Å². The number of hydrogen-bond acceptors (Lipinski definition) is 3. The van der Waals surface area contributed by atoms with Crippen LogP contribution in [-0.2, 0) is 4.74 Å². The summed E-state index contributed by atoms with van der Waals surface area (Å²) < 4.78 is 17.2. The largest absolute Gasteiger partial charge is 0.493 e. The molecule has 1 aromatic carbocycles. The number of halogens is 1. The van der Waals surface area contributed by atoms with Crippen LogP contribution in [0.5, 0.6) is 11.5 Å². The van der Waals surface area contributed by atoms with Gasteiger partial charge < -0.3 is 14.2 Å². The summed E-state index contributed by atoms with van der Waals surface area (Å²) in [6, 6.07) is 6.80. The molecule has 0 saturated carbocycles. The molecule has 3 nitrogen and oxygen atoms in total. The smallest absolute Gasteiger partial charge is 0.189 e. The molecule has 0 amide bonds. The van der Waals surface area contributed by atoms with Gasteiger partial charge in [-0.1, -0.05) is 35.6 Å². The lowest BCUT2D eigenvalue weighted by Crippen LogP contribution is -2.22. The lowest BCUT2D eigenvalue weighted by atomic mass is 10.3. The minimum atomic E-state index is -1.02. The van der Waals surface area contributed by atoms with E-state index in [-0.39, 0.29) is 6.79 Å². The second kappa shape index (κ2) is 7.16. The fraction of sp³-hybridized carbons (Fsp3) is 0.538. The van der Waals surface area contributed by atoms with Gasteiger partial charge in [0.1, 0.15) is 0 Å². The van der Waals surface area contributed by atoms with Gasteiger partial charge in [-0.2, -0.15) is 0 Å². The van der Waals surface area contributed by atoms with Gasteiger partial charge in [0.2, 0.25) is 0 Å². The third-order valence-electron chi connectivity index (χ3n) is 2.42. The molecular weight excluding hydrogens is 312 g/mol. The Morgan fingerprint density at radius 2 is 1.89 bits per heavy atom. The fourth-order valence-electron chi connectivity index (χ4n) is 1.30. The Kier molecular flexibility index (Phi) is 6.18. The predicted molar refractivity (Wildman–Crippen MR) is 80.3 cm³/mol. The third-order valence-corrected chi connectivity index (χ3v) is 4.62. The summed E-state index contributed by atoms with van der Waals surface area (Å²) in [5.74, 6) is 1.41. The second-order valence-electron chi connectivity index (χ2n) is 5.28. The second-order valence-corrected chi connectivity index (χ2v) is 11.8. The van der Waals surface area contributed by atoms with Gasteiger partial charge in [-0.25, -0.2) is 0 Å². The van der Waals surface area contributed by atoms with Gasteiger partial charge in [-0.3, -0.25) is 0 Å². The van der Waals surface area contributed by atoms with Crippen molar-refractivity contribution >= 4 is 24.0 Å². The van der Waals surface area contributed by atoms with Gasteiger partial charge >= 0.3 is 0 Å². The molecule has 0 aromatic heterocycles. The van der Waals surface area contributed by atoms with Crippen LogP contribution in [0, 0.1) is 0 Å². The normalized spacial score (nSPS) is 11.4. The third kappa shape index (κ3) is 5.89. The number of hydrogen-bond donors (Lipinski definition) is 0. The standard InChI is InChI=1S/C13H21BrO3Si/c1-15-13-9-11(14)5-6-12(13)17-10-16-7-8-18(2,3)4/h5-6,9H,7-8,10H2,1-4H3. The average molecular weight is 333 g/mol. The van der Waals surface area contributed by atoms with Crippen LogP contribution in [0.15, 0.2) is 22.7 Å². The first-order valence-electron chi connectivity index (χ1n) is 5.96. The van der Waals surface area contributed by atoms with Crippen LogP contribution in [0.3, 0.4) is 0 Å². The summed E-state index contributed by atoms with van der Waals surface area (Å²) in [6.07, 6.45) is 0. The molecule has 1 aromatic rings. The molecule has 5 heteroatoms. The van der Waals surface area contributed by atoms with Crippen molar-refractivity contribution in [2.24, 2.45) is 0 Å². The van der Waals surface area contributed by atoms with Crippen LogP contribution in [0.2, 0.25) is 25.7 Å². The van der Waals surface area contributed by atoms with Crippen molar-refractivity contribution in [3.63, 3.8) is 0 Å². The Morgan fingerprint density at radius 1 is 1.17 bits per heavy atom. The molecule has 0 spiro atoms. The van der Waals surface area contributed by atoms with E-state index < -0.39 is 8.07 Å². The summed E-state index contributed by atoms with van der Waals surface area (Å²) in [5, 5.41) is 0. The van der Waals surface area contributed by atoms with Gasteiger partial charge in [-0.05, 0) is 24.2 Å². The highest BCUT2D eigenvalue weighted by Gasteiger charge is 2.12. The molecule has 0 fully saturated rings. The summed E-state index contributed by atoms with van der Waals surface area (Å²) in [6.45, 7) is 8.01. The zero-order valence-electron chi connectivity index (χ0n) is 11.5. The Bertz CT molecular complexity index is 377. The number of rotatable bonds is 7. The molecule has 0 aliphatic heterocycles. The Hall–Kier alpha value is -0.523. The monoisotopic (exact) mass is 332 g/mol. The zero-order chi connectivity index (χ0) is 13.6. The topological polar surface area (TPSA) is 27.7 Å². The quantitative estimate of drug-likeness (QED) is 0.426. The van der Waals surface area contributed by atoms with Gasteiger partial charge in [0.05, 0.1) is 7.11 Å². The molecule has 0 unspecified atom stereocenters. The number of benzene rings is 1. The molecule has 0 aliphatic rings. The van der Waals surface area contributed by atoms with E-state index in [1.807, 2.05) is 18.2 Å². The molecule has 0 heterocycles. The molecule has 18 heavy (non-hydrogen) atoms. The van der Waals surface area contributed by atoms with E-state index in [1.165, 1.54) is 0 Å². The van der Waals surface area contributed by atoms with Crippen molar-refractivity contribution in [3.05, 3.63) is 22.7 Å². The Labute approximate surface area is 119 Å². The highest BCUT2D eigenvalue weighted by atomic mass is 79.9. The van der Waals surface area contributed by atoms with E-state index >= 15 is 0 Å². The number of methoxy groups -OCH3 is 1. The zero-order valence-corrected chi connectivity index (χ0v) is 14.0. The molecule has 0 radical (unpaired) electrons. The van der Waals surface area contributed by atoms with Crippen molar-refractivity contribution < 1.29 is 14.2 Å². The lowest BCUT2D eigenvalue weighted by molar-refractivity contribution is 0.0205. The van der Waals surface area contributed by atoms with Crippen LogP contribution in [-0.4, -0.2) is 28.6 Å². The minimum absolute atomic E-state index is 0.266. The van der Waals surface area contributed by atoms with Crippen LogP contribution in [0.1, 0.15) is 0 Å². The summed E-state index contributed by atoms with van der Waals surface area (Å²) in [4.78, 5) is 0. The average Bonchev–Trinajstić information content (AvgIpc) is 2.28. The maximum absolute atomic E-state index is 5.55. The van der Waals surface area contributed by atoms with Gasteiger partial charge in [-0.15, -0.1) is 0 Å². The van der Waals surface area contributed by atoms with E-state index in [1.54, 1.807) is 7.11 Å². The van der Waals surface area contributed by atoms with E-state index in [0.717, 1.165) is 17.1 Å². The van der Waals surface area contributed by atoms with Crippen LogP contribution >= 0.6 is 15.9 Å². The van der Waals surface area contributed by atoms with Gasteiger partial charge in [0.15, 0.2) is 18.3 Å². The first kappa shape index (κ1) is 15.5. The fourth-order valence-corrected chi connectivity index (χ4v) is 2.40. The highest BCUT2D eigenvalue weighted by Crippen LogP contribution is 2.30. The van der Waals surface area contributed by atoms with Crippen LogP contribution < -0.4 is 9.47 Å². The van der Waals surface area contributed by atoms with E-state index in [9.17, 15) is 0 Å². The Balaban J connectivity index is 2.35. The SMILES string of the molecule is COc1cc(Br)ccc1OCOCC[Si](C)(C)C. The molecular formula is C13H21BrO3Si. The lowest BCUT2D eigenvalue weighted by Gasteiger charge is -2.16. The number of ether oxygens (including phenoxy) is 3. The van der Waals surface area contributed by atoms with Gasteiger partial charge in [0, 0.05) is 19.2 Å². The van der Waals surface area contributed by atoms with Crippen molar-refractivity contribution in [1.82, 2.24) is 0 Å². The predicted octanol–water partition coefficient (Wildman–Crippen LogP) is 4.15.